The minimum absolute atomic E-state index is 0.00393. The number of hydrogen-bond donors (Lipinski definition) is 1. The van der Waals surface area contributed by atoms with Crippen molar-refractivity contribution in [1.82, 2.24) is 0 Å². The zero-order chi connectivity index (χ0) is 15.6. The monoisotopic (exact) mass is 314 g/mol. The molecule has 4 nitrogen and oxygen atoms in total. The standard InChI is InChI=1S/C15H19FO4S/c1-10-13(16)8-11(15(17)18)9-14(10)21(19,20)12-6-4-2-3-5-7-12/h8-9,12H,2-7H2,1H3,(H,17,18). The highest BCUT2D eigenvalue weighted by atomic mass is 32.2. The molecule has 1 saturated carbocycles. The molecule has 0 amide bonds. The second-order valence-corrected chi connectivity index (χ2v) is 7.74. The van der Waals surface area contributed by atoms with Gasteiger partial charge in [-0.15, -0.1) is 0 Å². The third-order valence-corrected chi connectivity index (χ3v) is 6.48. The highest BCUT2D eigenvalue weighted by molar-refractivity contribution is 7.92. The molecule has 0 aliphatic heterocycles. The number of carboxylic acids is 1. The van der Waals surface area contributed by atoms with Crippen LogP contribution in [0.25, 0.3) is 0 Å². The van der Waals surface area contributed by atoms with E-state index in [-0.39, 0.29) is 16.0 Å². The molecule has 0 spiro atoms. The largest absolute Gasteiger partial charge is 0.478 e. The Morgan fingerprint density at radius 3 is 2.29 bits per heavy atom. The fourth-order valence-corrected chi connectivity index (χ4v) is 4.93. The second-order valence-electron chi connectivity index (χ2n) is 5.54. The first-order chi connectivity index (χ1) is 9.84. The van der Waals surface area contributed by atoms with Gasteiger partial charge in [-0.1, -0.05) is 25.7 Å². The highest BCUT2D eigenvalue weighted by Gasteiger charge is 2.31. The van der Waals surface area contributed by atoms with Crippen LogP contribution in [0, 0.1) is 12.7 Å². The normalized spacial score (nSPS) is 17.4. The van der Waals surface area contributed by atoms with Gasteiger partial charge in [-0.05, 0) is 31.9 Å². The van der Waals surface area contributed by atoms with Gasteiger partial charge < -0.3 is 5.11 Å². The number of hydrogen-bond acceptors (Lipinski definition) is 3. The average Bonchev–Trinajstić information content (AvgIpc) is 2.70. The average molecular weight is 314 g/mol. The van der Waals surface area contributed by atoms with E-state index in [9.17, 15) is 17.6 Å². The van der Waals surface area contributed by atoms with Crippen molar-refractivity contribution in [2.75, 3.05) is 0 Å². The van der Waals surface area contributed by atoms with E-state index in [2.05, 4.69) is 0 Å². The topological polar surface area (TPSA) is 71.4 Å². The number of benzene rings is 1. The lowest BCUT2D eigenvalue weighted by molar-refractivity contribution is 0.0696. The van der Waals surface area contributed by atoms with Crippen molar-refractivity contribution in [3.05, 3.63) is 29.1 Å². The van der Waals surface area contributed by atoms with Gasteiger partial charge in [0.15, 0.2) is 9.84 Å². The minimum Gasteiger partial charge on any atom is -0.478 e. The Bertz CT molecular complexity index is 644. The molecule has 1 N–H and O–H groups in total. The Morgan fingerprint density at radius 1 is 1.19 bits per heavy atom. The fraction of sp³-hybridized carbons (Fsp3) is 0.533. The molecule has 0 saturated heterocycles. The maximum absolute atomic E-state index is 13.9. The van der Waals surface area contributed by atoms with Crippen LogP contribution in [0.1, 0.15) is 54.4 Å². The number of carbonyl (C=O) groups is 1. The van der Waals surface area contributed by atoms with Crippen LogP contribution in [0.4, 0.5) is 4.39 Å². The van der Waals surface area contributed by atoms with Gasteiger partial charge in [-0.2, -0.15) is 0 Å². The van der Waals surface area contributed by atoms with Gasteiger partial charge >= 0.3 is 5.97 Å². The van der Waals surface area contributed by atoms with Crippen LogP contribution in [-0.2, 0) is 9.84 Å². The first-order valence-electron chi connectivity index (χ1n) is 7.11. The van der Waals surface area contributed by atoms with Crippen molar-refractivity contribution >= 4 is 15.8 Å². The van der Waals surface area contributed by atoms with Gasteiger partial charge in [-0.25, -0.2) is 17.6 Å². The van der Waals surface area contributed by atoms with Gasteiger partial charge in [0.1, 0.15) is 5.82 Å². The zero-order valence-electron chi connectivity index (χ0n) is 11.9. The summed E-state index contributed by atoms with van der Waals surface area (Å²) in [6.07, 6.45) is 4.80. The number of rotatable bonds is 3. The van der Waals surface area contributed by atoms with Crippen molar-refractivity contribution in [2.24, 2.45) is 0 Å². The summed E-state index contributed by atoms with van der Waals surface area (Å²) in [5.74, 6) is -2.12. The van der Waals surface area contributed by atoms with Crippen LogP contribution < -0.4 is 0 Å². The molecule has 116 valence electrons. The molecule has 1 fully saturated rings. The van der Waals surface area contributed by atoms with E-state index in [1.807, 2.05) is 0 Å². The molecule has 0 aromatic heterocycles. The van der Waals surface area contributed by atoms with Crippen LogP contribution >= 0.6 is 0 Å². The van der Waals surface area contributed by atoms with Gasteiger partial charge in [0.25, 0.3) is 0 Å². The molecule has 6 heteroatoms. The molecule has 1 aromatic rings. The van der Waals surface area contributed by atoms with Crippen molar-refractivity contribution in [3.8, 4) is 0 Å². The maximum Gasteiger partial charge on any atom is 0.335 e. The number of sulfone groups is 1. The number of halogens is 1. The van der Waals surface area contributed by atoms with Crippen molar-refractivity contribution in [3.63, 3.8) is 0 Å². The lowest BCUT2D eigenvalue weighted by atomic mass is 10.1. The highest BCUT2D eigenvalue weighted by Crippen LogP contribution is 2.31. The summed E-state index contributed by atoms with van der Waals surface area (Å²) in [6.45, 7) is 1.38. The Morgan fingerprint density at radius 2 is 1.76 bits per heavy atom. The summed E-state index contributed by atoms with van der Waals surface area (Å²) in [6, 6.07) is 1.95. The van der Waals surface area contributed by atoms with Crippen molar-refractivity contribution in [2.45, 2.75) is 55.6 Å². The molecular formula is C15H19FO4S. The Labute approximate surface area is 123 Å². The van der Waals surface area contributed by atoms with E-state index < -0.39 is 26.9 Å². The van der Waals surface area contributed by atoms with Crippen LogP contribution in [0.5, 0.6) is 0 Å². The smallest absolute Gasteiger partial charge is 0.335 e. The summed E-state index contributed by atoms with van der Waals surface area (Å²) in [5, 5.41) is 8.44. The zero-order valence-corrected chi connectivity index (χ0v) is 12.7. The van der Waals surface area contributed by atoms with Crippen LogP contribution in [0.2, 0.25) is 0 Å². The quantitative estimate of drug-likeness (QED) is 0.869. The molecule has 2 rings (SSSR count). The first-order valence-corrected chi connectivity index (χ1v) is 8.66. The van der Waals surface area contributed by atoms with Gasteiger partial charge in [0, 0.05) is 5.56 Å². The molecule has 1 aromatic carbocycles. The summed E-state index contributed by atoms with van der Waals surface area (Å²) in [5.41, 5.74) is -0.324. The number of carboxylic acid groups (broad SMARTS) is 1. The van der Waals surface area contributed by atoms with Crippen LogP contribution in [-0.4, -0.2) is 24.7 Å². The molecule has 0 radical (unpaired) electrons. The molecule has 1 aliphatic rings. The molecule has 0 bridgehead atoms. The van der Waals surface area contributed by atoms with Crippen molar-refractivity contribution < 1.29 is 22.7 Å². The van der Waals surface area contributed by atoms with E-state index in [1.165, 1.54) is 6.92 Å². The van der Waals surface area contributed by atoms with E-state index >= 15 is 0 Å². The van der Waals surface area contributed by atoms with Crippen LogP contribution in [0.15, 0.2) is 17.0 Å². The molecule has 0 atom stereocenters. The molecule has 21 heavy (non-hydrogen) atoms. The SMILES string of the molecule is Cc1c(F)cc(C(=O)O)cc1S(=O)(=O)C1CCCCCC1. The summed E-state index contributed by atoms with van der Waals surface area (Å²) >= 11 is 0. The summed E-state index contributed by atoms with van der Waals surface area (Å²) < 4.78 is 39.3. The van der Waals surface area contributed by atoms with Crippen molar-refractivity contribution in [1.29, 1.82) is 0 Å². The van der Waals surface area contributed by atoms with E-state index in [0.717, 1.165) is 37.8 Å². The number of aromatic carboxylic acids is 1. The van der Waals surface area contributed by atoms with Crippen LogP contribution in [0.3, 0.4) is 0 Å². The summed E-state index contributed by atoms with van der Waals surface area (Å²) in [7, 11) is -3.70. The Kier molecular flexibility index (Phi) is 4.66. The fourth-order valence-electron chi connectivity index (χ4n) is 2.80. The lowest BCUT2D eigenvalue weighted by Crippen LogP contribution is -2.22. The van der Waals surface area contributed by atoms with Gasteiger partial charge in [0.05, 0.1) is 15.7 Å². The lowest BCUT2D eigenvalue weighted by Gasteiger charge is -2.17. The predicted octanol–water partition coefficient (Wildman–Crippen LogP) is 3.33. The third kappa shape index (κ3) is 3.26. The second kappa shape index (κ2) is 6.13. The molecule has 0 unspecified atom stereocenters. The molecule has 0 heterocycles. The molecular weight excluding hydrogens is 295 g/mol. The Hall–Kier alpha value is -1.43. The van der Waals surface area contributed by atoms with E-state index in [1.54, 1.807) is 0 Å². The maximum atomic E-state index is 13.9. The summed E-state index contributed by atoms with van der Waals surface area (Å²) in [4.78, 5) is 10.8. The minimum atomic E-state index is -3.70. The molecule has 1 aliphatic carbocycles. The van der Waals surface area contributed by atoms with Gasteiger partial charge in [0.2, 0.25) is 0 Å². The van der Waals surface area contributed by atoms with E-state index in [4.69, 9.17) is 5.11 Å². The van der Waals surface area contributed by atoms with Gasteiger partial charge in [-0.3, -0.25) is 0 Å². The van der Waals surface area contributed by atoms with E-state index in [0.29, 0.717) is 12.8 Å². The first kappa shape index (κ1) is 15.9. The predicted molar refractivity (Wildman–Crippen MR) is 76.8 cm³/mol. The third-order valence-electron chi connectivity index (χ3n) is 4.09. The Balaban J connectivity index is 2.50.